The van der Waals surface area contributed by atoms with Gasteiger partial charge in [0.1, 0.15) is 0 Å². The molecule has 0 aliphatic carbocycles. The molecule has 0 fully saturated rings. The van der Waals surface area contributed by atoms with Crippen LogP contribution >= 0.6 is 0 Å². The van der Waals surface area contributed by atoms with E-state index in [9.17, 15) is 9.18 Å². The van der Waals surface area contributed by atoms with Gasteiger partial charge in [-0.2, -0.15) is 0 Å². The highest BCUT2D eigenvalue weighted by Crippen LogP contribution is 2.04. The number of unbranched alkanes of at least 4 members (excludes halogenated alkanes) is 4. The maximum atomic E-state index is 12.9. The third-order valence-corrected chi connectivity index (χ3v) is 1.98. The first-order chi connectivity index (χ1) is 7.22. The lowest BCUT2D eigenvalue weighted by Crippen LogP contribution is -2.22. The third-order valence-electron chi connectivity index (χ3n) is 1.98. The molecule has 0 rings (SSSR count). The van der Waals surface area contributed by atoms with E-state index in [0.717, 1.165) is 19.3 Å². The van der Waals surface area contributed by atoms with Gasteiger partial charge in [-0.25, -0.2) is 9.18 Å². The van der Waals surface area contributed by atoms with Gasteiger partial charge in [-0.1, -0.05) is 32.6 Å². The molecule has 15 heavy (non-hydrogen) atoms. The number of alkyl halides is 1. The minimum Gasteiger partial charge on any atom is -0.462 e. The molecule has 0 N–H and O–H groups in total. The van der Waals surface area contributed by atoms with Crippen LogP contribution in [0.15, 0.2) is 0 Å². The van der Waals surface area contributed by atoms with E-state index in [-0.39, 0.29) is 13.2 Å². The van der Waals surface area contributed by atoms with E-state index in [4.69, 9.17) is 4.74 Å². The smallest absolute Gasteiger partial charge is 0.368 e. The average Bonchev–Trinajstić information content (AvgIpc) is 2.23. The zero-order chi connectivity index (χ0) is 11.5. The Morgan fingerprint density at radius 2 is 1.87 bits per heavy atom. The Labute approximate surface area is 90.9 Å². The van der Waals surface area contributed by atoms with Gasteiger partial charge in [0.05, 0.1) is 13.2 Å². The van der Waals surface area contributed by atoms with Gasteiger partial charge in [0, 0.05) is 0 Å². The molecule has 0 radical (unpaired) electrons. The Balaban J connectivity index is 3.30. The van der Waals surface area contributed by atoms with Crippen LogP contribution in [0.1, 0.15) is 46.0 Å². The standard InChI is InChI=1S/C11H21FO3/c1-3-5-6-7-8-9-15-10(12)11(13)14-4-2/h10H,3-9H2,1-2H3. The normalized spacial score (nSPS) is 12.5. The minimum absolute atomic E-state index is 0.180. The van der Waals surface area contributed by atoms with E-state index in [0.29, 0.717) is 0 Å². The van der Waals surface area contributed by atoms with Crippen molar-refractivity contribution in [3.05, 3.63) is 0 Å². The lowest BCUT2D eigenvalue weighted by Gasteiger charge is -2.08. The summed E-state index contributed by atoms with van der Waals surface area (Å²) in [7, 11) is 0. The minimum atomic E-state index is -1.92. The van der Waals surface area contributed by atoms with Crippen molar-refractivity contribution in [2.24, 2.45) is 0 Å². The summed E-state index contributed by atoms with van der Waals surface area (Å²) in [5, 5.41) is 0. The van der Waals surface area contributed by atoms with E-state index in [1.165, 1.54) is 12.8 Å². The predicted octanol–water partition coefficient (Wildman–Crippen LogP) is 2.83. The van der Waals surface area contributed by atoms with Crippen molar-refractivity contribution in [3.8, 4) is 0 Å². The SMILES string of the molecule is CCCCCCCOC(F)C(=O)OCC. The summed E-state index contributed by atoms with van der Waals surface area (Å²) >= 11 is 0. The van der Waals surface area contributed by atoms with E-state index >= 15 is 0 Å². The maximum absolute atomic E-state index is 12.9. The molecule has 0 aliphatic heterocycles. The van der Waals surface area contributed by atoms with E-state index in [1.54, 1.807) is 6.92 Å². The largest absolute Gasteiger partial charge is 0.462 e. The van der Waals surface area contributed by atoms with Crippen molar-refractivity contribution in [1.29, 1.82) is 0 Å². The third kappa shape index (κ3) is 8.36. The van der Waals surface area contributed by atoms with Crippen LogP contribution in [0, 0.1) is 0 Å². The molecule has 0 heterocycles. The molecule has 0 aliphatic rings. The van der Waals surface area contributed by atoms with Crippen molar-refractivity contribution in [1.82, 2.24) is 0 Å². The van der Waals surface area contributed by atoms with Gasteiger partial charge in [0.25, 0.3) is 6.36 Å². The average molecular weight is 220 g/mol. The first kappa shape index (κ1) is 14.4. The summed E-state index contributed by atoms with van der Waals surface area (Å²) in [6.07, 6.45) is 3.39. The monoisotopic (exact) mass is 220 g/mol. The van der Waals surface area contributed by atoms with Gasteiger partial charge in [-0.05, 0) is 13.3 Å². The fourth-order valence-corrected chi connectivity index (χ4v) is 1.17. The quantitative estimate of drug-likeness (QED) is 0.443. The van der Waals surface area contributed by atoms with Gasteiger partial charge in [-0.15, -0.1) is 0 Å². The van der Waals surface area contributed by atoms with Crippen molar-refractivity contribution in [3.63, 3.8) is 0 Å². The molecule has 3 nitrogen and oxygen atoms in total. The fraction of sp³-hybridized carbons (Fsp3) is 0.909. The molecule has 0 aromatic heterocycles. The van der Waals surface area contributed by atoms with Crippen molar-refractivity contribution < 1.29 is 18.7 Å². The highest BCUT2D eigenvalue weighted by atomic mass is 19.1. The van der Waals surface area contributed by atoms with Crippen LogP contribution < -0.4 is 0 Å². The molecule has 90 valence electrons. The summed E-state index contributed by atoms with van der Waals surface area (Å²) in [5.74, 6) is -0.925. The Kier molecular flexibility index (Phi) is 9.48. The first-order valence-electron chi connectivity index (χ1n) is 5.64. The molecule has 1 unspecified atom stereocenters. The number of carbonyl (C=O) groups is 1. The van der Waals surface area contributed by atoms with Gasteiger partial charge in [0.2, 0.25) is 0 Å². The molecule has 0 saturated heterocycles. The summed E-state index contributed by atoms with van der Waals surface area (Å²) in [4.78, 5) is 10.8. The fourth-order valence-electron chi connectivity index (χ4n) is 1.17. The molecule has 0 saturated carbocycles. The lowest BCUT2D eigenvalue weighted by molar-refractivity contribution is -0.169. The van der Waals surface area contributed by atoms with Crippen LogP contribution in [0.2, 0.25) is 0 Å². The predicted molar refractivity (Wildman–Crippen MR) is 56.2 cm³/mol. The topological polar surface area (TPSA) is 35.5 Å². The number of carbonyl (C=O) groups excluding carboxylic acids is 1. The van der Waals surface area contributed by atoms with Gasteiger partial charge in [0.15, 0.2) is 0 Å². The number of hydrogen-bond acceptors (Lipinski definition) is 3. The Bertz CT molecular complexity index is 162. The zero-order valence-corrected chi connectivity index (χ0v) is 9.63. The summed E-state index contributed by atoms with van der Waals surface area (Å²) in [5.41, 5.74) is 0. The van der Waals surface area contributed by atoms with Gasteiger partial charge >= 0.3 is 5.97 Å². The van der Waals surface area contributed by atoms with Crippen molar-refractivity contribution >= 4 is 5.97 Å². The second-order valence-electron chi connectivity index (χ2n) is 3.35. The number of esters is 1. The second kappa shape index (κ2) is 9.90. The molecule has 4 heteroatoms. The number of rotatable bonds is 9. The summed E-state index contributed by atoms with van der Waals surface area (Å²) in [6, 6.07) is 0. The lowest BCUT2D eigenvalue weighted by atomic mass is 10.2. The van der Waals surface area contributed by atoms with Crippen LogP contribution in [0.4, 0.5) is 4.39 Å². The molecule has 0 bridgehead atoms. The van der Waals surface area contributed by atoms with E-state index in [2.05, 4.69) is 11.7 Å². The molecule has 1 atom stereocenters. The van der Waals surface area contributed by atoms with Crippen LogP contribution in [0.5, 0.6) is 0 Å². The Morgan fingerprint density at radius 1 is 1.20 bits per heavy atom. The van der Waals surface area contributed by atoms with E-state index in [1.807, 2.05) is 0 Å². The van der Waals surface area contributed by atoms with Gasteiger partial charge in [-0.3, -0.25) is 0 Å². The highest BCUT2D eigenvalue weighted by Gasteiger charge is 2.18. The van der Waals surface area contributed by atoms with Gasteiger partial charge < -0.3 is 9.47 Å². The Hall–Kier alpha value is -0.640. The summed E-state index contributed by atoms with van der Waals surface area (Å²) < 4.78 is 22.0. The molecule has 0 amide bonds. The second-order valence-corrected chi connectivity index (χ2v) is 3.35. The molecule has 0 aromatic carbocycles. The molecule has 0 aromatic rings. The number of halogens is 1. The van der Waals surface area contributed by atoms with Crippen molar-refractivity contribution in [2.45, 2.75) is 52.3 Å². The van der Waals surface area contributed by atoms with Crippen LogP contribution in [-0.2, 0) is 14.3 Å². The first-order valence-corrected chi connectivity index (χ1v) is 5.64. The summed E-state index contributed by atoms with van der Waals surface area (Å²) in [6.45, 7) is 4.23. The van der Waals surface area contributed by atoms with Crippen molar-refractivity contribution in [2.75, 3.05) is 13.2 Å². The number of hydrogen-bond donors (Lipinski definition) is 0. The van der Waals surface area contributed by atoms with Crippen LogP contribution in [0.3, 0.4) is 0 Å². The van der Waals surface area contributed by atoms with Crippen LogP contribution in [0.25, 0.3) is 0 Å². The highest BCUT2D eigenvalue weighted by molar-refractivity contribution is 5.72. The Morgan fingerprint density at radius 3 is 2.47 bits per heavy atom. The zero-order valence-electron chi connectivity index (χ0n) is 9.63. The molecular formula is C11H21FO3. The number of ether oxygens (including phenoxy) is 2. The maximum Gasteiger partial charge on any atom is 0.368 e. The molecular weight excluding hydrogens is 199 g/mol. The van der Waals surface area contributed by atoms with E-state index < -0.39 is 12.3 Å². The van der Waals surface area contributed by atoms with Crippen LogP contribution in [-0.4, -0.2) is 25.5 Å². The molecule has 0 spiro atoms.